The molecule has 2 aromatic rings. The average Bonchev–Trinajstić information content (AvgIpc) is 2.47. The van der Waals surface area contributed by atoms with E-state index in [1.165, 1.54) is 6.07 Å². The second kappa shape index (κ2) is 6.06. The summed E-state index contributed by atoms with van der Waals surface area (Å²) in [6, 6.07) is 12.0. The van der Waals surface area contributed by atoms with Crippen LogP contribution in [0.1, 0.15) is 23.6 Å². The largest absolute Gasteiger partial charge is 0.449 e. The molecular weight excluding hydrogens is 268 g/mol. The van der Waals surface area contributed by atoms with Crippen molar-refractivity contribution in [3.63, 3.8) is 0 Å². The molecule has 0 amide bonds. The Morgan fingerprint density at radius 1 is 1.24 bits per heavy atom. The maximum Gasteiger partial charge on any atom is 0.311 e. The van der Waals surface area contributed by atoms with Crippen molar-refractivity contribution in [3.05, 3.63) is 63.2 Å². The topological polar surface area (TPSA) is 76.2 Å². The molecule has 0 aliphatic carbocycles. The number of ether oxygens (including phenoxy) is 1. The van der Waals surface area contributed by atoms with Gasteiger partial charge in [-0.3, -0.25) is 10.1 Å². The Bertz CT molecular complexity index is 733. The van der Waals surface area contributed by atoms with Gasteiger partial charge in [-0.25, -0.2) is 0 Å². The van der Waals surface area contributed by atoms with Crippen LogP contribution in [0, 0.1) is 28.4 Å². The third-order valence-electron chi connectivity index (χ3n) is 3.11. The van der Waals surface area contributed by atoms with Crippen molar-refractivity contribution in [2.75, 3.05) is 0 Å². The Morgan fingerprint density at radius 2 is 2.00 bits per heavy atom. The van der Waals surface area contributed by atoms with Gasteiger partial charge in [0.25, 0.3) is 0 Å². The van der Waals surface area contributed by atoms with Crippen molar-refractivity contribution in [1.82, 2.24) is 0 Å². The molecule has 5 heteroatoms. The van der Waals surface area contributed by atoms with E-state index >= 15 is 0 Å². The Hall–Kier alpha value is -2.87. The van der Waals surface area contributed by atoms with E-state index in [0.29, 0.717) is 17.7 Å². The van der Waals surface area contributed by atoms with Crippen LogP contribution in [0.2, 0.25) is 0 Å². The van der Waals surface area contributed by atoms with E-state index in [0.717, 1.165) is 11.1 Å². The number of nitrogens with zero attached hydrogens (tertiary/aromatic N) is 2. The van der Waals surface area contributed by atoms with Gasteiger partial charge in [0, 0.05) is 6.07 Å². The van der Waals surface area contributed by atoms with Crippen LogP contribution in [-0.2, 0) is 6.42 Å². The molecule has 5 nitrogen and oxygen atoms in total. The highest BCUT2D eigenvalue weighted by Crippen LogP contribution is 2.34. The quantitative estimate of drug-likeness (QED) is 0.624. The second-order valence-electron chi connectivity index (χ2n) is 4.63. The van der Waals surface area contributed by atoms with Gasteiger partial charge in [-0.2, -0.15) is 5.26 Å². The fraction of sp³-hybridized carbons (Fsp3) is 0.188. The molecular formula is C16H14N2O3. The van der Waals surface area contributed by atoms with Crippen molar-refractivity contribution in [2.45, 2.75) is 20.3 Å². The minimum Gasteiger partial charge on any atom is -0.449 e. The fourth-order valence-corrected chi connectivity index (χ4v) is 1.94. The molecule has 0 radical (unpaired) electrons. The Kier molecular flexibility index (Phi) is 4.19. The Labute approximate surface area is 122 Å². The summed E-state index contributed by atoms with van der Waals surface area (Å²) in [7, 11) is 0. The van der Waals surface area contributed by atoms with E-state index in [1.54, 1.807) is 30.3 Å². The summed E-state index contributed by atoms with van der Waals surface area (Å²) in [5, 5.41) is 20.2. The van der Waals surface area contributed by atoms with Gasteiger partial charge in [0.2, 0.25) is 5.75 Å². The third-order valence-corrected chi connectivity index (χ3v) is 3.11. The highest BCUT2D eigenvalue weighted by Gasteiger charge is 2.17. The first-order chi connectivity index (χ1) is 10.0. The SMILES string of the molecule is CCc1ccc(Oc2cc(C)ccc2C#N)c([N+](=O)[O-])c1. The molecule has 0 fully saturated rings. The van der Waals surface area contributed by atoms with Crippen LogP contribution in [-0.4, -0.2) is 4.92 Å². The third kappa shape index (κ3) is 3.18. The molecule has 2 aromatic carbocycles. The van der Waals surface area contributed by atoms with E-state index in [9.17, 15) is 10.1 Å². The lowest BCUT2D eigenvalue weighted by molar-refractivity contribution is -0.385. The van der Waals surface area contributed by atoms with Gasteiger partial charge in [0.05, 0.1) is 10.5 Å². The molecule has 0 aliphatic heterocycles. The number of nitro groups is 1. The monoisotopic (exact) mass is 282 g/mol. The molecule has 0 aliphatic rings. The maximum atomic E-state index is 11.2. The molecule has 21 heavy (non-hydrogen) atoms. The van der Waals surface area contributed by atoms with Crippen LogP contribution in [0.4, 0.5) is 5.69 Å². The minimum atomic E-state index is -0.476. The first kappa shape index (κ1) is 14.5. The number of nitriles is 1. The predicted molar refractivity (Wildman–Crippen MR) is 78.4 cm³/mol. The second-order valence-corrected chi connectivity index (χ2v) is 4.63. The molecule has 2 rings (SSSR count). The van der Waals surface area contributed by atoms with Crippen molar-refractivity contribution in [3.8, 4) is 17.6 Å². The summed E-state index contributed by atoms with van der Waals surface area (Å²) in [6.45, 7) is 3.79. The molecule has 0 saturated heterocycles. The smallest absolute Gasteiger partial charge is 0.311 e. The van der Waals surface area contributed by atoms with Crippen LogP contribution in [0.25, 0.3) is 0 Å². The van der Waals surface area contributed by atoms with Gasteiger partial charge in [0.1, 0.15) is 11.8 Å². The van der Waals surface area contributed by atoms with Gasteiger partial charge in [-0.1, -0.05) is 19.1 Å². The number of hydrogen-bond acceptors (Lipinski definition) is 4. The summed E-state index contributed by atoms with van der Waals surface area (Å²) in [5.74, 6) is 0.462. The zero-order valence-electron chi connectivity index (χ0n) is 11.8. The molecule has 0 spiro atoms. The lowest BCUT2D eigenvalue weighted by atomic mass is 10.1. The molecule has 0 heterocycles. The maximum absolute atomic E-state index is 11.2. The van der Waals surface area contributed by atoms with Crippen molar-refractivity contribution < 1.29 is 9.66 Å². The summed E-state index contributed by atoms with van der Waals surface area (Å²) < 4.78 is 5.61. The highest BCUT2D eigenvalue weighted by molar-refractivity contribution is 5.53. The molecule has 0 atom stereocenters. The molecule has 0 bridgehead atoms. The van der Waals surface area contributed by atoms with Gasteiger partial charge in [-0.15, -0.1) is 0 Å². The molecule has 0 saturated carbocycles. The van der Waals surface area contributed by atoms with Crippen molar-refractivity contribution >= 4 is 5.69 Å². The lowest BCUT2D eigenvalue weighted by Crippen LogP contribution is -1.96. The van der Waals surface area contributed by atoms with Crippen LogP contribution in [0.15, 0.2) is 36.4 Å². The molecule has 0 N–H and O–H groups in total. The fourth-order valence-electron chi connectivity index (χ4n) is 1.94. The summed E-state index contributed by atoms with van der Waals surface area (Å²) in [5.41, 5.74) is 2.02. The van der Waals surface area contributed by atoms with Gasteiger partial charge in [0.15, 0.2) is 0 Å². The zero-order valence-corrected chi connectivity index (χ0v) is 11.8. The number of hydrogen-bond donors (Lipinski definition) is 0. The number of rotatable bonds is 4. The first-order valence-corrected chi connectivity index (χ1v) is 6.51. The number of aryl methyl sites for hydroxylation is 2. The number of benzene rings is 2. The summed E-state index contributed by atoms with van der Waals surface area (Å²) >= 11 is 0. The van der Waals surface area contributed by atoms with Crippen LogP contribution >= 0.6 is 0 Å². The highest BCUT2D eigenvalue weighted by atomic mass is 16.6. The molecule has 0 aromatic heterocycles. The van der Waals surface area contributed by atoms with E-state index in [1.807, 2.05) is 19.9 Å². The Balaban J connectivity index is 2.47. The van der Waals surface area contributed by atoms with E-state index in [-0.39, 0.29) is 11.4 Å². The summed E-state index contributed by atoms with van der Waals surface area (Å²) in [4.78, 5) is 10.7. The lowest BCUT2D eigenvalue weighted by Gasteiger charge is -2.09. The number of nitro benzene ring substituents is 1. The summed E-state index contributed by atoms with van der Waals surface area (Å²) in [6.07, 6.45) is 0.703. The zero-order chi connectivity index (χ0) is 15.4. The van der Waals surface area contributed by atoms with E-state index < -0.39 is 4.92 Å². The molecule has 106 valence electrons. The van der Waals surface area contributed by atoms with E-state index in [4.69, 9.17) is 10.00 Å². The van der Waals surface area contributed by atoms with Crippen molar-refractivity contribution in [1.29, 1.82) is 5.26 Å². The average molecular weight is 282 g/mol. The predicted octanol–water partition coefficient (Wildman–Crippen LogP) is 4.13. The van der Waals surface area contributed by atoms with Crippen molar-refractivity contribution in [2.24, 2.45) is 0 Å². The van der Waals surface area contributed by atoms with E-state index in [2.05, 4.69) is 0 Å². The van der Waals surface area contributed by atoms with Crippen LogP contribution in [0.5, 0.6) is 11.5 Å². The molecule has 0 unspecified atom stereocenters. The normalized spacial score (nSPS) is 9.95. The van der Waals surface area contributed by atoms with Crippen LogP contribution in [0.3, 0.4) is 0 Å². The van der Waals surface area contributed by atoms with Gasteiger partial charge in [-0.05, 0) is 42.7 Å². The van der Waals surface area contributed by atoms with Gasteiger partial charge < -0.3 is 4.74 Å². The van der Waals surface area contributed by atoms with Crippen LogP contribution < -0.4 is 4.74 Å². The first-order valence-electron chi connectivity index (χ1n) is 6.51. The van der Waals surface area contributed by atoms with Gasteiger partial charge >= 0.3 is 5.69 Å². The standard InChI is InChI=1S/C16H14N2O3/c1-3-12-5-7-15(14(9-12)18(19)20)21-16-8-11(2)4-6-13(16)10-17/h4-9H,3H2,1-2H3. The minimum absolute atomic E-state index is 0.0975. The Morgan fingerprint density at radius 3 is 2.62 bits per heavy atom.